The van der Waals surface area contributed by atoms with Gasteiger partial charge in [-0.3, -0.25) is 4.79 Å². The molecule has 1 fully saturated rings. The van der Waals surface area contributed by atoms with Gasteiger partial charge in [0.1, 0.15) is 4.83 Å². The number of fused-ring (bicyclic) bond motifs is 1. The second-order valence-electron chi connectivity index (χ2n) is 7.20. The average Bonchev–Trinajstić information content (AvgIpc) is 2.82. The Morgan fingerprint density at radius 3 is 2.83 bits per heavy atom. The Morgan fingerprint density at radius 2 is 2.17 bits per heavy atom. The quantitative estimate of drug-likeness (QED) is 0.832. The molecule has 2 unspecified atom stereocenters. The highest BCUT2D eigenvalue weighted by molar-refractivity contribution is 7.21. The first kappa shape index (κ1) is 17.3. The number of ether oxygens (including phenoxy) is 1. The van der Waals surface area contributed by atoms with Crippen molar-refractivity contribution in [3.05, 3.63) is 22.2 Å². The third kappa shape index (κ3) is 3.06. The first-order valence-electron chi connectivity index (χ1n) is 8.23. The van der Waals surface area contributed by atoms with E-state index in [4.69, 9.17) is 10.5 Å². The van der Waals surface area contributed by atoms with E-state index in [1.165, 1.54) is 11.3 Å². The fourth-order valence-corrected chi connectivity index (χ4v) is 4.60. The second-order valence-corrected chi connectivity index (χ2v) is 8.20. The van der Waals surface area contributed by atoms with Crippen LogP contribution >= 0.6 is 11.3 Å². The maximum absolute atomic E-state index is 13.0. The van der Waals surface area contributed by atoms with E-state index in [1.807, 2.05) is 19.9 Å². The summed E-state index contributed by atoms with van der Waals surface area (Å²) in [5.41, 5.74) is 7.84. The van der Waals surface area contributed by atoms with Gasteiger partial charge in [0, 0.05) is 23.6 Å². The second kappa shape index (κ2) is 6.10. The number of aryl methyl sites for hydroxylation is 2. The molecule has 1 aliphatic heterocycles. The number of nitrogen functional groups attached to an aromatic ring is 1. The number of rotatable bonds is 3. The third-order valence-electron chi connectivity index (χ3n) is 4.69. The van der Waals surface area contributed by atoms with Gasteiger partial charge in [0.25, 0.3) is 0 Å². The Morgan fingerprint density at radius 1 is 1.46 bits per heavy atom. The lowest BCUT2D eigenvalue weighted by molar-refractivity contribution is -0.115. The summed E-state index contributed by atoms with van der Waals surface area (Å²) in [4.78, 5) is 19.0. The smallest absolute Gasteiger partial charge is 0.178 e. The lowest BCUT2D eigenvalue weighted by Gasteiger charge is -2.35. The molecule has 2 aromatic rings. The summed E-state index contributed by atoms with van der Waals surface area (Å²) in [6.07, 6.45) is 0.837. The number of ketones is 1. The molecule has 0 amide bonds. The summed E-state index contributed by atoms with van der Waals surface area (Å²) in [5.74, 6) is -0.128. The predicted molar refractivity (Wildman–Crippen MR) is 96.6 cm³/mol. The van der Waals surface area contributed by atoms with Gasteiger partial charge in [-0.25, -0.2) is 4.98 Å². The molecule has 2 atom stereocenters. The molecular formula is C18H24N2O3S. The number of nitrogens with zero attached hydrogens (tertiary/aromatic N) is 1. The van der Waals surface area contributed by atoms with Crippen LogP contribution in [0.25, 0.3) is 10.2 Å². The van der Waals surface area contributed by atoms with E-state index in [9.17, 15) is 9.90 Å². The highest BCUT2D eigenvalue weighted by atomic mass is 32.1. The zero-order valence-corrected chi connectivity index (χ0v) is 15.4. The summed E-state index contributed by atoms with van der Waals surface area (Å²) in [7, 11) is 0. The molecule has 1 aliphatic rings. The average molecular weight is 348 g/mol. The molecule has 1 saturated heterocycles. The van der Waals surface area contributed by atoms with Gasteiger partial charge in [-0.1, -0.05) is 0 Å². The molecule has 0 aliphatic carbocycles. The number of nitrogens with two attached hydrogens (primary N) is 1. The number of aliphatic hydroxyl groups is 1. The molecule has 3 rings (SSSR count). The van der Waals surface area contributed by atoms with E-state index in [-0.39, 0.29) is 17.8 Å². The zero-order valence-electron chi connectivity index (χ0n) is 14.5. The van der Waals surface area contributed by atoms with Gasteiger partial charge < -0.3 is 15.6 Å². The first-order chi connectivity index (χ1) is 11.2. The first-order valence-corrected chi connectivity index (χ1v) is 9.04. The van der Waals surface area contributed by atoms with Crippen molar-refractivity contribution in [3.63, 3.8) is 0 Å². The largest absolute Gasteiger partial charge is 0.397 e. The van der Waals surface area contributed by atoms with Crippen molar-refractivity contribution in [2.75, 3.05) is 12.3 Å². The van der Waals surface area contributed by atoms with E-state index >= 15 is 0 Å². The molecule has 24 heavy (non-hydrogen) atoms. The number of carbonyl (C=O) groups excluding carboxylic acids is 1. The van der Waals surface area contributed by atoms with Crippen LogP contribution in [0.4, 0.5) is 5.69 Å². The third-order valence-corrected chi connectivity index (χ3v) is 5.80. The van der Waals surface area contributed by atoms with Crippen LogP contribution in [0.5, 0.6) is 0 Å². The van der Waals surface area contributed by atoms with Gasteiger partial charge >= 0.3 is 0 Å². The number of pyridine rings is 1. The Hall–Kier alpha value is -1.50. The summed E-state index contributed by atoms with van der Waals surface area (Å²) in [6.45, 7) is 7.85. The zero-order chi connectivity index (χ0) is 17.6. The highest BCUT2D eigenvalue weighted by Gasteiger charge is 2.37. The lowest BCUT2D eigenvalue weighted by atomic mass is 9.85. The summed E-state index contributed by atoms with van der Waals surface area (Å²) >= 11 is 1.37. The van der Waals surface area contributed by atoms with E-state index in [2.05, 4.69) is 4.98 Å². The van der Waals surface area contributed by atoms with Gasteiger partial charge in [0.15, 0.2) is 5.78 Å². The molecule has 0 radical (unpaired) electrons. The van der Waals surface area contributed by atoms with E-state index < -0.39 is 5.60 Å². The van der Waals surface area contributed by atoms with Crippen LogP contribution in [0.2, 0.25) is 0 Å². The number of aromatic nitrogens is 1. The standard InChI is InChI=1S/C18H24N2O3S/c1-9-7-10(2)20-17-13(9)14(19)16(24-17)15(21)11-5-6-23-12(8-11)18(3,4)22/h7,11-12,22H,5-6,8,19H2,1-4H3. The van der Waals surface area contributed by atoms with Crippen molar-refractivity contribution >= 4 is 33.0 Å². The van der Waals surface area contributed by atoms with Crippen molar-refractivity contribution in [3.8, 4) is 0 Å². The molecular weight excluding hydrogens is 324 g/mol. The molecule has 0 saturated carbocycles. The minimum Gasteiger partial charge on any atom is -0.397 e. The van der Waals surface area contributed by atoms with Crippen molar-refractivity contribution in [2.24, 2.45) is 5.92 Å². The van der Waals surface area contributed by atoms with Gasteiger partial charge in [-0.15, -0.1) is 11.3 Å². The van der Waals surface area contributed by atoms with E-state index in [0.29, 0.717) is 30.0 Å². The molecule has 3 heterocycles. The fraction of sp³-hybridized carbons (Fsp3) is 0.556. The molecule has 2 aromatic heterocycles. The van der Waals surface area contributed by atoms with Crippen molar-refractivity contribution in [1.29, 1.82) is 0 Å². The van der Waals surface area contributed by atoms with Crippen LogP contribution in [0.1, 0.15) is 47.6 Å². The summed E-state index contributed by atoms with van der Waals surface area (Å²) in [6, 6.07) is 1.98. The van der Waals surface area contributed by atoms with Crippen LogP contribution in [-0.2, 0) is 4.74 Å². The van der Waals surface area contributed by atoms with E-state index in [0.717, 1.165) is 21.5 Å². The molecule has 6 heteroatoms. The Labute approximate surface area is 145 Å². The number of anilines is 1. The molecule has 5 nitrogen and oxygen atoms in total. The number of Topliss-reactive ketones (excluding diaryl/α,β-unsaturated/α-hetero) is 1. The number of hydrogen-bond acceptors (Lipinski definition) is 6. The topological polar surface area (TPSA) is 85.4 Å². The maximum Gasteiger partial charge on any atom is 0.178 e. The molecule has 130 valence electrons. The van der Waals surface area contributed by atoms with E-state index in [1.54, 1.807) is 13.8 Å². The van der Waals surface area contributed by atoms with Gasteiger partial charge in [-0.2, -0.15) is 0 Å². The van der Waals surface area contributed by atoms with Crippen molar-refractivity contribution in [2.45, 2.75) is 52.2 Å². The minimum absolute atomic E-state index is 0.0464. The number of hydrogen-bond donors (Lipinski definition) is 2. The highest BCUT2D eigenvalue weighted by Crippen LogP contribution is 2.38. The van der Waals surface area contributed by atoms with Crippen molar-refractivity contribution < 1.29 is 14.6 Å². The molecule has 0 spiro atoms. The number of carbonyl (C=O) groups is 1. The van der Waals surface area contributed by atoms with Crippen LogP contribution in [0.3, 0.4) is 0 Å². The van der Waals surface area contributed by atoms with Crippen LogP contribution in [0, 0.1) is 19.8 Å². The van der Waals surface area contributed by atoms with Gasteiger partial charge in [0.2, 0.25) is 0 Å². The molecule has 3 N–H and O–H groups in total. The Balaban J connectivity index is 1.94. The monoisotopic (exact) mass is 348 g/mol. The molecule has 0 bridgehead atoms. The van der Waals surface area contributed by atoms with Crippen LogP contribution in [-0.4, -0.2) is 34.2 Å². The van der Waals surface area contributed by atoms with Crippen LogP contribution < -0.4 is 5.73 Å². The van der Waals surface area contributed by atoms with Gasteiger partial charge in [-0.05, 0) is 52.2 Å². The fourth-order valence-electron chi connectivity index (χ4n) is 3.36. The lowest BCUT2D eigenvalue weighted by Crippen LogP contribution is -2.44. The predicted octanol–water partition coefficient (Wildman–Crippen LogP) is 3.24. The van der Waals surface area contributed by atoms with Crippen molar-refractivity contribution in [1.82, 2.24) is 4.98 Å². The molecule has 0 aromatic carbocycles. The Kier molecular flexibility index (Phi) is 4.40. The maximum atomic E-state index is 13.0. The summed E-state index contributed by atoms with van der Waals surface area (Å²) in [5, 5.41) is 11.1. The normalized spacial score (nSPS) is 22.0. The van der Waals surface area contributed by atoms with Crippen LogP contribution in [0.15, 0.2) is 6.07 Å². The summed E-state index contributed by atoms with van der Waals surface area (Å²) < 4.78 is 5.64. The Bertz CT molecular complexity index is 792. The minimum atomic E-state index is -0.958. The van der Waals surface area contributed by atoms with Gasteiger partial charge in [0.05, 0.1) is 22.3 Å². The number of thiophene rings is 1. The SMILES string of the molecule is Cc1cc(C)c2c(N)c(C(=O)C3CCOC(C(C)(C)O)C3)sc2n1.